The second-order valence-electron chi connectivity index (χ2n) is 3.03. The van der Waals surface area contributed by atoms with Crippen molar-refractivity contribution in [1.82, 2.24) is 5.32 Å². The summed E-state index contributed by atoms with van der Waals surface area (Å²) in [7, 11) is 0. The molecule has 0 amide bonds. The minimum absolute atomic E-state index is 0.996. The largest absolute Gasteiger partial charge is 0.312 e. The first kappa shape index (κ1) is 8.73. The zero-order chi connectivity index (χ0) is 9.10. The standard InChI is InChI=1S/C11H13NS/c1-2-12-8-10-7-9-5-3-4-6-11(9)13-10/h3-7,12H,2,8H2,1H3. The van der Waals surface area contributed by atoms with Gasteiger partial charge in [-0.3, -0.25) is 0 Å². The molecule has 1 nitrogen and oxygen atoms in total. The summed E-state index contributed by atoms with van der Waals surface area (Å²) >= 11 is 1.87. The van der Waals surface area contributed by atoms with Gasteiger partial charge in [0.2, 0.25) is 0 Å². The van der Waals surface area contributed by atoms with Crippen LogP contribution >= 0.6 is 11.3 Å². The van der Waals surface area contributed by atoms with E-state index >= 15 is 0 Å². The average Bonchev–Trinajstić information content (AvgIpc) is 2.57. The molecule has 0 aliphatic carbocycles. The molecular weight excluding hydrogens is 178 g/mol. The molecule has 1 heterocycles. The van der Waals surface area contributed by atoms with E-state index in [4.69, 9.17) is 0 Å². The van der Waals surface area contributed by atoms with Crippen LogP contribution in [0.25, 0.3) is 10.1 Å². The smallest absolute Gasteiger partial charge is 0.0346 e. The highest BCUT2D eigenvalue weighted by Crippen LogP contribution is 2.24. The molecular formula is C11H13NS. The molecule has 0 bridgehead atoms. The first-order valence-electron chi connectivity index (χ1n) is 4.58. The maximum atomic E-state index is 3.34. The van der Waals surface area contributed by atoms with E-state index < -0.39 is 0 Å². The fourth-order valence-electron chi connectivity index (χ4n) is 1.37. The highest BCUT2D eigenvalue weighted by molar-refractivity contribution is 7.19. The van der Waals surface area contributed by atoms with Crippen molar-refractivity contribution in [1.29, 1.82) is 0 Å². The number of hydrogen-bond donors (Lipinski definition) is 1. The number of fused-ring (bicyclic) bond motifs is 1. The first-order chi connectivity index (χ1) is 6.40. The third-order valence-corrected chi connectivity index (χ3v) is 3.14. The van der Waals surface area contributed by atoms with Gasteiger partial charge in [0.1, 0.15) is 0 Å². The molecule has 0 spiro atoms. The summed E-state index contributed by atoms with van der Waals surface area (Å²) in [5.41, 5.74) is 0. The van der Waals surface area contributed by atoms with Gasteiger partial charge in [-0.15, -0.1) is 11.3 Å². The van der Waals surface area contributed by atoms with E-state index in [1.54, 1.807) is 0 Å². The Bertz CT molecular complexity index is 359. The SMILES string of the molecule is CCNCc1cc2ccccc2s1. The minimum Gasteiger partial charge on any atom is -0.312 e. The van der Waals surface area contributed by atoms with Crippen LogP contribution in [0.15, 0.2) is 30.3 Å². The van der Waals surface area contributed by atoms with Crippen molar-refractivity contribution in [3.8, 4) is 0 Å². The number of hydrogen-bond acceptors (Lipinski definition) is 2. The molecule has 0 fully saturated rings. The Morgan fingerprint density at radius 3 is 2.92 bits per heavy atom. The van der Waals surface area contributed by atoms with Gasteiger partial charge in [0.15, 0.2) is 0 Å². The Labute approximate surface area is 82.4 Å². The van der Waals surface area contributed by atoms with E-state index in [0.29, 0.717) is 0 Å². The zero-order valence-electron chi connectivity index (χ0n) is 7.71. The van der Waals surface area contributed by atoms with Crippen LogP contribution in [0.3, 0.4) is 0 Å². The van der Waals surface area contributed by atoms with Crippen LogP contribution in [0.4, 0.5) is 0 Å². The van der Waals surface area contributed by atoms with Crippen molar-refractivity contribution in [2.75, 3.05) is 6.54 Å². The van der Waals surface area contributed by atoms with Crippen LogP contribution in [0.1, 0.15) is 11.8 Å². The van der Waals surface area contributed by atoms with Crippen molar-refractivity contribution in [2.24, 2.45) is 0 Å². The number of nitrogens with one attached hydrogen (secondary N) is 1. The quantitative estimate of drug-likeness (QED) is 0.786. The summed E-state index contributed by atoms with van der Waals surface area (Å²) < 4.78 is 1.38. The average molecular weight is 191 g/mol. The highest BCUT2D eigenvalue weighted by Gasteiger charge is 1.98. The first-order valence-corrected chi connectivity index (χ1v) is 5.40. The van der Waals surface area contributed by atoms with E-state index in [0.717, 1.165) is 13.1 Å². The van der Waals surface area contributed by atoms with E-state index in [1.165, 1.54) is 15.0 Å². The Kier molecular flexibility index (Phi) is 2.62. The van der Waals surface area contributed by atoms with Crippen molar-refractivity contribution >= 4 is 21.4 Å². The summed E-state index contributed by atoms with van der Waals surface area (Å²) in [5.74, 6) is 0. The van der Waals surface area contributed by atoms with E-state index in [9.17, 15) is 0 Å². The van der Waals surface area contributed by atoms with Gasteiger partial charge in [0.05, 0.1) is 0 Å². The Hall–Kier alpha value is -0.860. The van der Waals surface area contributed by atoms with Crippen LogP contribution < -0.4 is 5.32 Å². The summed E-state index contributed by atoms with van der Waals surface area (Å²) in [6.07, 6.45) is 0. The molecule has 2 rings (SSSR count). The number of benzene rings is 1. The third kappa shape index (κ3) is 1.90. The predicted octanol–water partition coefficient (Wildman–Crippen LogP) is 3.01. The Morgan fingerprint density at radius 2 is 2.15 bits per heavy atom. The molecule has 0 saturated heterocycles. The molecule has 1 aromatic carbocycles. The summed E-state index contributed by atoms with van der Waals surface area (Å²) in [5, 5.41) is 4.70. The van der Waals surface area contributed by atoms with Crippen LogP contribution in [0, 0.1) is 0 Å². The van der Waals surface area contributed by atoms with Crippen LogP contribution in [0.5, 0.6) is 0 Å². The second-order valence-corrected chi connectivity index (χ2v) is 4.20. The maximum Gasteiger partial charge on any atom is 0.0346 e. The van der Waals surface area contributed by atoms with E-state index in [1.807, 2.05) is 11.3 Å². The van der Waals surface area contributed by atoms with Crippen LogP contribution in [0.2, 0.25) is 0 Å². The topological polar surface area (TPSA) is 12.0 Å². The van der Waals surface area contributed by atoms with Gasteiger partial charge in [-0.25, -0.2) is 0 Å². The third-order valence-electron chi connectivity index (χ3n) is 2.03. The molecule has 0 aliphatic heterocycles. The van der Waals surface area contributed by atoms with E-state index in [-0.39, 0.29) is 0 Å². The van der Waals surface area contributed by atoms with Crippen LogP contribution in [-0.4, -0.2) is 6.54 Å². The molecule has 2 aromatic rings. The summed E-state index contributed by atoms with van der Waals surface area (Å²) in [6, 6.07) is 10.8. The van der Waals surface area contributed by atoms with Gasteiger partial charge >= 0.3 is 0 Å². The summed E-state index contributed by atoms with van der Waals surface area (Å²) in [6.45, 7) is 4.16. The monoisotopic (exact) mass is 191 g/mol. The van der Waals surface area contributed by atoms with Crippen LogP contribution in [-0.2, 0) is 6.54 Å². The number of thiophene rings is 1. The lowest BCUT2D eigenvalue weighted by Crippen LogP contribution is -2.10. The maximum absolute atomic E-state index is 3.34. The lowest BCUT2D eigenvalue weighted by atomic mass is 10.2. The molecule has 68 valence electrons. The van der Waals surface area contributed by atoms with Gasteiger partial charge in [-0.2, -0.15) is 0 Å². The fourth-order valence-corrected chi connectivity index (χ4v) is 2.41. The van der Waals surface area contributed by atoms with Gasteiger partial charge < -0.3 is 5.32 Å². The van der Waals surface area contributed by atoms with Crippen molar-refractivity contribution in [3.63, 3.8) is 0 Å². The molecule has 13 heavy (non-hydrogen) atoms. The van der Waals surface area contributed by atoms with Crippen molar-refractivity contribution in [2.45, 2.75) is 13.5 Å². The van der Waals surface area contributed by atoms with E-state index in [2.05, 4.69) is 42.6 Å². The lowest BCUT2D eigenvalue weighted by molar-refractivity contribution is 0.736. The van der Waals surface area contributed by atoms with Crippen molar-refractivity contribution < 1.29 is 0 Å². The minimum atomic E-state index is 0.996. The molecule has 0 aliphatic rings. The zero-order valence-corrected chi connectivity index (χ0v) is 8.53. The fraction of sp³-hybridized carbons (Fsp3) is 0.273. The molecule has 0 atom stereocenters. The van der Waals surface area contributed by atoms with Crippen molar-refractivity contribution in [3.05, 3.63) is 35.2 Å². The normalized spacial score (nSPS) is 10.8. The molecule has 0 saturated carbocycles. The van der Waals surface area contributed by atoms with Gasteiger partial charge in [-0.05, 0) is 24.1 Å². The Balaban J connectivity index is 2.28. The Morgan fingerprint density at radius 1 is 1.31 bits per heavy atom. The van der Waals surface area contributed by atoms with Gasteiger partial charge in [-0.1, -0.05) is 25.1 Å². The van der Waals surface area contributed by atoms with Gasteiger partial charge in [0, 0.05) is 16.1 Å². The lowest BCUT2D eigenvalue weighted by Gasteiger charge is -1.94. The molecule has 2 heteroatoms. The number of rotatable bonds is 3. The highest BCUT2D eigenvalue weighted by atomic mass is 32.1. The summed E-state index contributed by atoms with van der Waals surface area (Å²) in [4.78, 5) is 1.42. The predicted molar refractivity (Wildman–Crippen MR) is 59.2 cm³/mol. The molecule has 1 aromatic heterocycles. The second kappa shape index (κ2) is 3.90. The van der Waals surface area contributed by atoms with Gasteiger partial charge in [0.25, 0.3) is 0 Å². The molecule has 1 N–H and O–H groups in total. The molecule has 0 radical (unpaired) electrons. The molecule has 0 unspecified atom stereocenters.